The van der Waals surface area contributed by atoms with Gasteiger partial charge in [0.2, 0.25) is 5.43 Å². The second-order valence-electron chi connectivity index (χ2n) is 3.74. The molecule has 0 radical (unpaired) electrons. The first kappa shape index (κ1) is 11.0. The average molecular weight is 196 g/mol. The monoisotopic (exact) mass is 196 g/mol. The summed E-state index contributed by atoms with van der Waals surface area (Å²) in [6.45, 7) is 5.75. The Kier molecular flexibility index (Phi) is 3.44. The van der Waals surface area contributed by atoms with Crippen molar-refractivity contribution >= 4 is 0 Å². The lowest BCUT2D eigenvalue weighted by Crippen LogP contribution is -2.38. The van der Waals surface area contributed by atoms with Crippen LogP contribution in [0.2, 0.25) is 0 Å². The Hall–Kier alpha value is -1.12. The van der Waals surface area contributed by atoms with E-state index < -0.39 is 5.43 Å². The second-order valence-corrected chi connectivity index (χ2v) is 3.74. The molecule has 0 unspecified atom stereocenters. The van der Waals surface area contributed by atoms with Crippen LogP contribution in [0, 0.1) is 0 Å². The van der Waals surface area contributed by atoms with Crippen molar-refractivity contribution in [2.24, 2.45) is 0 Å². The first-order valence-electron chi connectivity index (χ1n) is 5.06. The fourth-order valence-electron chi connectivity index (χ4n) is 1.36. The molecule has 0 spiro atoms. The van der Waals surface area contributed by atoms with E-state index in [2.05, 4.69) is 6.92 Å². The number of hydrogen-bond acceptors (Lipinski definition) is 3. The van der Waals surface area contributed by atoms with Crippen LogP contribution in [-0.4, -0.2) is 6.10 Å². The minimum atomic E-state index is -0.454. The maximum Gasteiger partial charge on any atom is 0.268 e. The van der Waals surface area contributed by atoms with Gasteiger partial charge in [0, 0.05) is 0 Å². The zero-order chi connectivity index (χ0) is 10.7. The van der Waals surface area contributed by atoms with Gasteiger partial charge in [-0.15, -0.1) is 0 Å². The zero-order valence-corrected chi connectivity index (χ0v) is 8.92. The van der Waals surface area contributed by atoms with Gasteiger partial charge in [-0.3, -0.25) is 9.59 Å². The highest BCUT2D eigenvalue weighted by molar-refractivity contribution is 5.39. The molecule has 3 heteroatoms. The van der Waals surface area contributed by atoms with Crippen molar-refractivity contribution in [2.45, 2.75) is 46.1 Å². The van der Waals surface area contributed by atoms with Crippen molar-refractivity contribution in [2.75, 3.05) is 0 Å². The van der Waals surface area contributed by atoms with Gasteiger partial charge in [-0.2, -0.15) is 0 Å². The van der Waals surface area contributed by atoms with E-state index in [0.29, 0.717) is 17.7 Å². The van der Waals surface area contributed by atoms with Crippen LogP contribution >= 0.6 is 0 Å². The third-order valence-corrected chi connectivity index (χ3v) is 2.09. The van der Waals surface area contributed by atoms with Crippen LogP contribution in [0.3, 0.4) is 0 Å². The molecule has 0 saturated heterocycles. The summed E-state index contributed by atoms with van der Waals surface area (Å²) in [4.78, 5) is 22.3. The fraction of sp³-hybridized carbons (Fsp3) is 0.636. The first-order valence-corrected chi connectivity index (χ1v) is 5.06. The molecule has 3 nitrogen and oxygen atoms in total. The van der Waals surface area contributed by atoms with Gasteiger partial charge in [0.15, 0.2) is 5.75 Å². The second kappa shape index (κ2) is 4.40. The van der Waals surface area contributed by atoms with Crippen LogP contribution in [0.5, 0.6) is 5.75 Å². The smallest absolute Gasteiger partial charge is 0.268 e. The number of hydrogen-bond donors (Lipinski definition) is 0. The molecule has 0 aliphatic heterocycles. The van der Waals surface area contributed by atoms with Gasteiger partial charge in [0.1, 0.15) is 0 Å². The first-order chi connectivity index (χ1) is 6.57. The predicted molar refractivity (Wildman–Crippen MR) is 55.7 cm³/mol. The van der Waals surface area contributed by atoms with E-state index in [-0.39, 0.29) is 11.5 Å². The van der Waals surface area contributed by atoms with Crippen molar-refractivity contribution < 1.29 is 4.74 Å². The largest absolute Gasteiger partial charge is 0.486 e. The van der Waals surface area contributed by atoms with Gasteiger partial charge in [-0.1, -0.05) is 13.3 Å². The summed E-state index contributed by atoms with van der Waals surface area (Å²) in [6, 6.07) is 0. The summed E-state index contributed by atoms with van der Waals surface area (Å²) in [5.41, 5.74) is -0.218. The molecule has 14 heavy (non-hydrogen) atoms. The molecule has 0 aliphatic carbocycles. The lowest BCUT2D eigenvalue weighted by molar-refractivity contribution is 0.234. The molecule has 0 atom stereocenters. The van der Waals surface area contributed by atoms with E-state index in [0.717, 1.165) is 12.8 Å². The topological polar surface area (TPSA) is 43.4 Å². The third kappa shape index (κ3) is 2.03. The predicted octanol–water partition coefficient (Wildman–Crippen LogP) is 1.41. The molecule has 0 aliphatic rings. The Labute approximate surface area is 83.4 Å². The standard InChI is InChI=1S/C11H16O3/c1-4-5-6-8-9(12)10(13)11(8)14-7(2)3/h7H,4-6H2,1-3H3. The SMILES string of the molecule is CCCCc1c(OC(C)C)c(=O)c1=O. The lowest BCUT2D eigenvalue weighted by Gasteiger charge is -2.14. The molecule has 78 valence electrons. The highest BCUT2D eigenvalue weighted by atomic mass is 16.5. The minimum absolute atomic E-state index is 0.0429. The van der Waals surface area contributed by atoms with E-state index in [1.54, 1.807) is 0 Å². The highest BCUT2D eigenvalue weighted by Crippen LogP contribution is 2.15. The molecule has 1 aromatic rings. The molecule has 0 aromatic heterocycles. The van der Waals surface area contributed by atoms with Crippen molar-refractivity contribution in [3.05, 3.63) is 26.0 Å². The Morgan fingerprint density at radius 2 is 1.86 bits per heavy atom. The van der Waals surface area contributed by atoms with Gasteiger partial charge in [0.25, 0.3) is 5.43 Å². The fourth-order valence-corrected chi connectivity index (χ4v) is 1.36. The van der Waals surface area contributed by atoms with Crippen LogP contribution in [0.25, 0.3) is 0 Å². The van der Waals surface area contributed by atoms with Crippen LogP contribution in [0.15, 0.2) is 9.59 Å². The molecular formula is C11H16O3. The summed E-state index contributed by atoms with van der Waals surface area (Å²) >= 11 is 0. The Morgan fingerprint density at radius 1 is 1.21 bits per heavy atom. The van der Waals surface area contributed by atoms with Crippen LogP contribution in [-0.2, 0) is 6.42 Å². The summed E-state index contributed by atoms with van der Waals surface area (Å²) in [5.74, 6) is 0.304. The maximum atomic E-state index is 11.2. The van der Waals surface area contributed by atoms with E-state index in [1.807, 2.05) is 13.8 Å². The highest BCUT2D eigenvalue weighted by Gasteiger charge is 2.22. The van der Waals surface area contributed by atoms with Gasteiger partial charge < -0.3 is 4.74 Å². The quantitative estimate of drug-likeness (QED) is 0.669. The van der Waals surface area contributed by atoms with E-state index in [4.69, 9.17) is 4.74 Å². The van der Waals surface area contributed by atoms with Crippen LogP contribution in [0.4, 0.5) is 0 Å². The molecule has 1 aromatic carbocycles. The molecular weight excluding hydrogens is 180 g/mol. The summed E-state index contributed by atoms with van der Waals surface area (Å²) < 4.78 is 5.29. The third-order valence-electron chi connectivity index (χ3n) is 2.09. The molecule has 0 amide bonds. The van der Waals surface area contributed by atoms with Crippen molar-refractivity contribution in [3.8, 4) is 5.75 Å². The lowest BCUT2D eigenvalue weighted by atomic mass is 10.0. The molecule has 0 bridgehead atoms. The number of ether oxygens (including phenoxy) is 1. The van der Waals surface area contributed by atoms with Crippen molar-refractivity contribution in [3.63, 3.8) is 0 Å². The van der Waals surface area contributed by atoms with Gasteiger partial charge in [-0.05, 0) is 26.7 Å². The molecule has 0 fully saturated rings. The Morgan fingerprint density at radius 3 is 2.36 bits per heavy atom. The van der Waals surface area contributed by atoms with Crippen molar-refractivity contribution in [1.82, 2.24) is 0 Å². The van der Waals surface area contributed by atoms with Gasteiger partial charge in [-0.25, -0.2) is 0 Å². The van der Waals surface area contributed by atoms with E-state index in [1.165, 1.54) is 0 Å². The normalized spacial score (nSPS) is 11.1. The Balaban J connectivity index is 2.78. The molecule has 0 heterocycles. The minimum Gasteiger partial charge on any atom is -0.486 e. The average Bonchev–Trinajstić information content (AvgIpc) is 2.15. The zero-order valence-electron chi connectivity index (χ0n) is 8.92. The molecule has 0 N–H and O–H groups in total. The number of rotatable bonds is 5. The van der Waals surface area contributed by atoms with Crippen molar-refractivity contribution in [1.29, 1.82) is 0 Å². The Bertz CT molecular complexity index is 370. The summed E-state index contributed by atoms with van der Waals surface area (Å²) in [7, 11) is 0. The molecule has 1 rings (SSSR count). The van der Waals surface area contributed by atoms with Crippen LogP contribution < -0.4 is 15.6 Å². The molecule has 0 saturated carbocycles. The summed E-state index contributed by atoms with van der Waals surface area (Å²) in [6.07, 6.45) is 2.57. The van der Waals surface area contributed by atoms with Gasteiger partial charge >= 0.3 is 0 Å². The van der Waals surface area contributed by atoms with E-state index in [9.17, 15) is 9.59 Å². The van der Waals surface area contributed by atoms with E-state index >= 15 is 0 Å². The maximum absolute atomic E-state index is 11.2. The number of unbranched alkanes of at least 4 members (excludes halogenated alkanes) is 1. The summed E-state index contributed by atoms with van der Waals surface area (Å²) in [5, 5.41) is 0. The van der Waals surface area contributed by atoms with Gasteiger partial charge in [0.05, 0.1) is 11.7 Å². The van der Waals surface area contributed by atoms with Crippen LogP contribution in [0.1, 0.15) is 39.2 Å².